The number of nitrogens with one attached hydrogen (secondary N) is 1. The number of carbonyl (C=O) groups excluding carboxylic acids is 1. The number of phenolic OH excluding ortho intramolecular Hbond substituents is 1. The summed E-state index contributed by atoms with van der Waals surface area (Å²) in [5.41, 5.74) is -0.276. The maximum Gasteiger partial charge on any atom is 0.347 e. The van der Waals surface area contributed by atoms with Gasteiger partial charge in [-0.15, -0.1) is 0 Å². The highest BCUT2D eigenvalue weighted by molar-refractivity contribution is 7.92. The van der Waals surface area contributed by atoms with Crippen molar-refractivity contribution in [3.8, 4) is 5.75 Å². The molecule has 7 nitrogen and oxygen atoms in total. The highest BCUT2D eigenvalue weighted by Gasteiger charge is 2.16. The molecule has 25 heavy (non-hydrogen) atoms. The first kappa shape index (κ1) is 16.7. The molecule has 2 N–H and O–H groups in total. The second kappa shape index (κ2) is 6.06. The lowest BCUT2D eigenvalue weighted by atomic mass is 10.0. The van der Waals surface area contributed by atoms with E-state index in [4.69, 9.17) is 4.42 Å². The van der Waals surface area contributed by atoms with Crippen LogP contribution in [0.4, 0.5) is 5.69 Å². The van der Waals surface area contributed by atoms with E-state index in [9.17, 15) is 23.1 Å². The Labute approximate surface area is 142 Å². The van der Waals surface area contributed by atoms with Crippen molar-refractivity contribution >= 4 is 32.5 Å². The first-order valence-electron chi connectivity index (χ1n) is 7.12. The van der Waals surface area contributed by atoms with Gasteiger partial charge in [-0.25, -0.2) is 13.2 Å². The van der Waals surface area contributed by atoms with Gasteiger partial charge in [-0.2, -0.15) is 0 Å². The molecule has 0 aliphatic heterocycles. The molecule has 0 amide bonds. The monoisotopic (exact) mass is 359 g/mol. The van der Waals surface area contributed by atoms with Crippen molar-refractivity contribution in [2.75, 3.05) is 11.0 Å². The highest BCUT2D eigenvalue weighted by Crippen LogP contribution is 2.20. The summed E-state index contributed by atoms with van der Waals surface area (Å²) in [4.78, 5) is 24.6. The van der Waals surface area contributed by atoms with Crippen molar-refractivity contribution in [1.29, 1.82) is 0 Å². The molecule has 1 heterocycles. The molecule has 0 atom stereocenters. The minimum atomic E-state index is -3.42. The Kier molecular flexibility index (Phi) is 4.05. The summed E-state index contributed by atoms with van der Waals surface area (Å²) in [6, 6.07) is 11.3. The van der Waals surface area contributed by atoms with Crippen LogP contribution in [0.5, 0.6) is 5.75 Å². The quantitative estimate of drug-likeness (QED) is 0.545. The van der Waals surface area contributed by atoms with E-state index in [-0.39, 0.29) is 22.5 Å². The number of ketones is 1. The Balaban J connectivity index is 1.98. The van der Waals surface area contributed by atoms with E-state index in [1.807, 2.05) is 0 Å². The largest absolute Gasteiger partial charge is 0.508 e. The van der Waals surface area contributed by atoms with Crippen molar-refractivity contribution in [1.82, 2.24) is 0 Å². The fraction of sp³-hybridized carbons (Fsp3) is 0.0588. The number of fused-ring (bicyclic) bond motifs is 1. The lowest BCUT2D eigenvalue weighted by molar-refractivity contribution is 0.103. The average Bonchev–Trinajstić information content (AvgIpc) is 2.52. The summed E-state index contributed by atoms with van der Waals surface area (Å²) in [5.74, 6) is -0.599. The number of hydrogen-bond donors (Lipinski definition) is 2. The predicted octanol–water partition coefficient (Wildman–Crippen LogP) is 2.10. The number of phenols is 1. The number of hydrogen-bond acceptors (Lipinski definition) is 6. The standard InChI is InChI=1S/C17H13NO6S/c1-25(22,23)18-12-5-2-10(3-6-12)16(20)14-8-11-4-7-13(19)9-15(11)24-17(14)21/h2-9,18-19H,1H3. The summed E-state index contributed by atoms with van der Waals surface area (Å²) >= 11 is 0. The number of anilines is 1. The topological polar surface area (TPSA) is 114 Å². The minimum Gasteiger partial charge on any atom is -0.508 e. The number of rotatable bonds is 4. The van der Waals surface area contributed by atoms with Crippen molar-refractivity contribution in [2.45, 2.75) is 0 Å². The van der Waals surface area contributed by atoms with Crippen LogP contribution in [0.2, 0.25) is 0 Å². The molecule has 128 valence electrons. The second-order valence-corrected chi connectivity index (χ2v) is 7.20. The molecule has 0 saturated carbocycles. The molecule has 0 radical (unpaired) electrons. The first-order valence-corrected chi connectivity index (χ1v) is 9.01. The van der Waals surface area contributed by atoms with E-state index in [0.29, 0.717) is 11.1 Å². The fourth-order valence-corrected chi connectivity index (χ4v) is 2.88. The van der Waals surface area contributed by atoms with Crippen LogP contribution in [0.15, 0.2) is 57.7 Å². The average molecular weight is 359 g/mol. The van der Waals surface area contributed by atoms with Crippen LogP contribution in [-0.2, 0) is 10.0 Å². The van der Waals surface area contributed by atoms with Crippen LogP contribution in [0.25, 0.3) is 11.0 Å². The molecule has 1 aromatic heterocycles. The number of benzene rings is 2. The Morgan fingerprint density at radius 3 is 2.40 bits per heavy atom. The molecule has 0 aliphatic carbocycles. The van der Waals surface area contributed by atoms with Gasteiger partial charge in [0.05, 0.1) is 6.26 Å². The van der Waals surface area contributed by atoms with Crippen LogP contribution in [0.1, 0.15) is 15.9 Å². The Morgan fingerprint density at radius 1 is 1.08 bits per heavy atom. The molecule has 0 spiro atoms. The van der Waals surface area contributed by atoms with Crippen LogP contribution in [-0.4, -0.2) is 25.6 Å². The van der Waals surface area contributed by atoms with E-state index in [1.165, 1.54) is 48.5 Å². The molecule has 8 heteroatoms. The fourth-order valence-electron chi connectivity index (χ4n) is 2.32. The summed E-state index contributed by atoms with van der Waals surface area (Å²) in [7, 11) is -3.42. The maximum atomic E-state index is 12.5. The lowest BCUT2D eigenvalue weighted by Gasteiger charge is -2.05. The van der Waals surface area contributed by atoms with E-state index in [0.717, 1.165) is 6.26 Å². The van der Waals surface area contributed by atoms with Gasteiger partial charge in [-0.05, 0) is 42.5 Å². The molecule has 0 bridgehead atoms. The lowest BCUT2D eigenvalue weighted by Crippen LogP contribution is -2.15. The summed E-state index contributed by atoms with van der Waals surface area (Å²) in [6.07, 6.45) is 1.02. The molecule has 0 fully saturated rings. The van der Waals surface area contributed by atoms with Gasteiger partial charge < -0.3 is 9.52 Å². The summed E-state index contributed by atoms with van der Waals surface area (Å²) in [6.45, 7) is 0. The predicted molar refractivity (Wildman–Crippen MR) is 92.5 cm³/mol. The summed E-state index contributed by atoms with van der Waals surface area (Å²) in [5, 5.41) is 9.90. The number of carbonyl (C=O) groups is 1. The molecule has 0 saturated heterocycles. The van der Waals surface area contributed by atoms with Crippen molar-refractivity contribution < 1.29 is 22.7 Å². The van der Waals surface area contributed by atoms with Gasteiger partial charge in [-0.1, -0.05) is 0 Å². The Hall–Kier alpha value is -3.13. The van der Waals surface area contributed by atoms with Gasteiger partial charge in [0.1, 0.15) is 16.9 Å². The zero-order valence-corrected chi connectivity index (χ0v) is 13.8. The molecule has 3 rings (SSSR count). The molecule has 3 aromatic rings. The van der Waals surface area contributed by atoms with Gasteiger partial charge in [0.25, 0.3) is 0 Å². The third-order valence-corrected chi connectivity index (χ3v) is 4.02. The van der Waals surface area contributed by atoms with Crippen LogP contribution in [0.3, 0.4) is 0 Å². The molecular weight excluding hydrogens is 346 g/mol. The van der Waals surface area contributed by atoms with Crippen molar-refractivity contribution in [3.05, 3.63) is 70.1 Å². The van der Waals surface area contributed by atoms with E-state index in [1.54, 1.807) is 0 Å². The number of sulfonamides is 1. The zero-order chi connectivity index (χ0) is 18.2. The van der Waals surface area contributed by atoms with Gasteiger partial charge in [0.15, 0.2) is 5.78 Å². The molecule has 0 unspecified atom stereocenters. The highest BCUT2D eigenvalue weighted by atomic mass is 32.2. The van der Waals surface area contributed by atoms with Crippen LogP contribution >= 0.6 is 0 Å². The van der Waals surface area contributed by atoms with Crippen LogP contribution in [0, 0.1) is 0 Å². The van der Waals surface area contributed by atoms with Crippen molar-refractivity contribution in [2.24, 2.45) is 0 Å². The summed E-state index contributed by atoms with van der Waals surface area (Å²) < 4.78 is 29.7. The van der Waals surface area contributed by atoms with Crippen LogP contribution < -0.4 is 10.3 Å². The second-order valence-electron chi connectivity index (χ2n) is 5.45. The molecule has 0 aliphatic rings. The first-order chi connectivity index (χ1) is 11.7. The van der Waals surface area contributed by atoms with Gasteiger partial charge in [0.2, 0.25) is 10.0 Å². The van der Waals surface area contributed by atoms with Gasteiger partial charge in [0, 0.05) is 22.7 Å². The van der Waals surface area contributed by atoms with Gasteiger partial charge in [-0.3, -0.25) is 9.52 Å². The molecule has 2 aromatic carbocycles. The zero-order valence-electron chi connectivity index (χ0n) is 13.0. The van der Waals surface area contributed by atoms with E-state index >= 15 is 0 Å². The normalized spacial score (nSPS) is 11.4. The maximum absolute atomic E-state index is 12.5. The third kappa shape index (κ3) is 3.69. The van der Waals surface area contributed by atoms with E-state index in [2.05, 4.69) is 4.72 Å². The minimum absolute atomic E-state index is 0.0521. The van der Waals surface area contributed by atoms with Crippen molar-refractivity contribution in [3.63, 3.8) is 0 Å². The van der Waals surface area contributed by atoms with E-state index < -0.39 is 21.4 Å². The SMILES string of the molecule is CS(=O)(=O)Nc1ccc(C(=O)c2cc3ccc(O)cc3oc2=O)cc1. The number of aromatic hydroxyl groups is 1. The van der Waals surface area contributed by atoms with Gasteiger partial charge >= 0.3 is 5.63 Å². The molecular formula is C17H13NO6S. The Bertz CT molecular complexity index is 1130. The smallest absolute Gasteiger partial charge is 0.347 e. The Morgan fingerprint density at radius 2 is 1.76 bits per heavy atom. The third-order valence-electron chi connectivity index (χ3n) is 3.41.